The summed E-state index contributed by atoms with van der Waals surface area (Å²) in [6.07, 6.45) is 1.67. The third kappa shape index (κ3) is 2.56. The number of benzene rings is 1. The van der Waals surface area contributed by atoms with Crippen LogP contribution in [0, 0.1) is 0 Å². The van der Waals surface area contributed by atoms with E-state index in [1.807, 2.05) is 56.3 Å². The van der Waals surface area contributed by atoms with Crippen LogP contribution in [0.25, 0.3) is 5.70 Å². The molecule has 1 saturated heterocycles. The Labute approximate surface area is 102 Å². The molecule has 0 saturated carbocycles. The molecule has 1 aromatic rings. The summed E-state index contributed by atoms with van der Waals surface area (Å²) in [5, 5.41) is 0. The van der Waals surface area contributed by atoms with E-state index in [1.54, 1.807) is 6.08 Å². The van der Waals surface area contributed by atoms with E-state index in [2.05, 4.69) is 0 Å². The third-order valence-electron chi connectivity index (χ3n) is 2.92. The summed E-state index contributed by atoms with van der Waals surface area (Å²) in [6, 6.07) is 9.88. The Hall–Kier alpha value is -1.61. The van der Waals surface area contributed by atoms with Crippen LogP contribution in [-0.2, 0) is 9.53 Å². The monoisotopic (exact) mass is 231 g/mol. The van der Waals surface area contributed by atoms with Gasteiger partial charge in [-0.15, -0.1) is 0 Å². The number of rotatable bonds is 4. The van der Waals surface area contributed by atoms with Crippen LogP contribution >= 0.6 is 0 Å². The molecule has 3 nitrogen and oxygen atoms in total. The Bertz CT molecular complexity index is 445. The molecule has 1 aromatic carbocycles. The second-order valence-electron chi connectivity index (χ2n) is 4.67. The van der Waals surface area contributed by atoms with Gasteiger partial charge in [0.25, 0.3) is 0 Å². The van der Waals surface area contributed by atoms with E-state index >= 15 is 0 Å². The van der Waals surface area contributed by atoms with Gasteiger partial charge in [-0.25, -0.2) is 0 Å². The van der Waals surface area contributed by atoms with Gasteiger partial charge in [-0.05, 0) is 12.5 Å². The Kier molecular flexibility index (Phi) is 3.03. The molecule has 1 aliphatic heterocycles. The molecule has 1 heterocycles. The fourth-order valence-corrected chi connectivity index (χ4v) is 1.61. The van der Waals surface area contributed by atoms with E-state index in [9.17, 15) is 4.79 Å². The minimum absolute atomic E-state index is 0.0325. The molecule has 0 aromatic heterocycles. The zero-order chi connectivity index (χ0) is 12.5. The molecule has 1 unspecified atom stereocenters. The van der Waals surface area contributed by atoms with Crippen LogP contribution in [0.1, 0.15) is 12.5 Å². The van der Waals surface area contributed by atoms with Crippen LogP contribution < -0.4 is 0 Å². The number of ketones is 1. The van der Waals surface area contributed by atoms with E-state index in [-0.39, 0.29) is 5.78 Å². The minimum Gasteiger partial charge on any atom is -0.377 e. The lowest BCUT2D eigenvalue weighted by Gasteiger charge is -2.17. The summed E-state index contributed by atoms with van der Waals surface area (Å²) in [4.78, 5) is 13.9. The first-order chi connectivity index (χ1) is 8.03. The van der Waals surface area contributed by atoms with Gasteiger partial charge < -0.3 is 9.64 Å². The molecule has 1 aliphatic rings. The molecule has 3 heteroatoms. The highest BCUT2D eigenvalue weighted by atomic mass is 16.6. The van der Waals surface area contributed by atoms with Gasteiger partial charge in [0, 0.05) is 25.9 Å². The first-order valence-electron chi connectivity index (χ1n) is 5.66. The Balaban J connectivity index is 2.30. The van der Waals surface area contributed by atoms with Gasteiger partial charge in [0.05, 0.1) is 6.61 Å². The highest BCUT2D eigenvalue weighted by molar-refractivity contribution is 6.03. The van der Waals surface area contributed by atoms with Gasteiger partial charge >= 0.3 is 0 Å². The molecule has 0 amide bonds. The summed E-state index contributed by atoms with van der Waals surface area (Å²) >= 11 is 0. The Morgan fingerprint density at radius 1 is 1.35 bits per heavy atom. The molecule has 0 spiro atoms. The van der Waals surface area contributed by atoms with E-state index in [0.717, 1.165) is 11.3 Å². The predicted molar refractivity (Wildman–Crippen MR) is 67.5 cm³/mol. The quantitative estimate of drug-likeness (QED) is 0.586. The van der Waals surface area contributed by atoms with E-state index in [4.69, 9.17) is 4.74 Å². The number of nitrogens with zero attached hydrogens (tertiary/aromatic N) is 1. The topological polar surface area (TPSA) is 32.8 Å². The van der Waals surface area contributed by atoms with Gasteiger partial charge in [0.2, 0.25) is 0 Å². The lowest BCUT2D eigenvalue weighted by Crippen LogP contribution is -2.20. The van der Waals surface area contributed by atoms with Gasteiger partial charge in [-0.2, -0.15) is 0 Å². The van der Waals surface area contributed by atoms with Crippen molar-refractivity contribution >= 4 is 11.5 Å². The van der Waals surface area contributed by atoms with Crippen LogP contribution in [0.2, 0.25) is 0 Å². The van der Waals surface area contributed by atoms with Gasteiger partial charge in [0.1, 0.15) is 0 Å². The van der Waals surface area contributed by atoms with Gasteiger partial charge in [-0.3, -0.25) is 4.79 Å². The average Bonchev–Trinajstić information content (AvgIpc) is 3.06. The molecule has 1 atom stereocenters. The zero-order valence-corrected chi connectivity index (χ0v) is 10.4. The second kappa shape index (κ2) is 4.34. The SMILES string of the molecule is CN(C)C(=CC(=O)C1(C)CO1)c1ccccc1. The van der Waals surface area contributed by atoms with Gasteiger partial charge in [-0.1, -0.05) is 30.3 Å². The van der Waals surface area contributed by atoms with Crippen molar-refractivity contribution in [2.24, 2.45) is 0 Å². The Morgan fingerprint density at radius 2 is 1.94 bits per heavy atom. The van der Waals surface area contributed by atoms with Crippen molar-refractivity contribution < 1.29 is 9.53 Å². The molecule has 1 fully saturated rings. The van der Waals surface area contributed by atoms with Crippen LogP contribution in [0.15, 0.2) is 36.4 Å². The van der Waals surface area contributed by atoms with Crippen LogP contribution in [0.3, 0.4) is 0 Å². The van der Waals surface area contributed by atoms with Crippen molar-refractivity contribution in [2.45, 2.75) is 12.5 Å². The van der Waals surface area contributed by atoms with Crippen molar-refractivity contribution in [2.75, 3.05) is 20.7 Å². The fourth-order valence-electron chi connectivity index (χ4n) is 1.61. The number of ether oxygens (including phenoxy) is 1. The number of carbonyl (C=O) groups excluding carboxylic acids is 1. The molecule has 2 rings (SSSR count). The highest BCUT2D eigenvalue weighted by Gasteiger charge is 2.45. The Morgan fingerprint density at radius 3 is 2.41 bits per heavy atom. The molecular weight excluding hydrogens is 214 g/mol. The second-order valence-corrected chi connectivity index (χ2v) is 4.67. The minimum atomic E-state index is -0.587. The molecular formula is C14H17NO2. The fraction of sp³-hybridized carbons (Fsp3) is 0.357. The number of hydrogen-bond acceptors (Lipinski definition) is 3. The molecule has 0 bridgehead atoms. The van der Waals surface area contributed by atoms with Crippen LogP contribution in [-0.4, -0.2) is 37.0 Å². The average molecular weight is 231 g/mol. The molecule has 0 radical (unpaired) electrons. The summed E-state index contributed by atoms with van der Waals surface area (Å²) in [7, 11) is 3.87. The summed E-state index contributed by atoms with van der Waals surface area (Å²) < 4.78 is 5.16. The maximum absolute atomic E-state index is 12.0. The largest absolute Gasteiger partial charge is 0.377 e. The van der Waals surface area contributed by atoms with Crippen LogP contribution in [0.4, 0.5) is 0 Å². The van der Waals surface area contributed by atoms with Crippen molar-refractivity contribution in [3.8, 4) is 0 Å². The molecule has 17 heavy (non-hydrogen) atoms. The summed E-state index contributed by atoms with van der Waals surface area (Å²) in [5.74, 6) is 0.0325. The molecule has 0 N–H and O–H groups in total. The van der Waals surface area contributed by atoms with E-state index < -0.39 is 5.60 Å². The number of hydrogen-bond donors (Lipinski definition) is 0. The van der Waals surface area contributed by atoms with E-state index in [1.165, 1.54) is 0 Å². The summed E-state index contributed by atoms with van der Waals surface area (Å²) in [6.45, 7) is 2.35. The van der Waals surface area contributed by atoms with Gasteiger partial charge in [0.15, 0.2) is 11.4 Å². The lowest BCUT2D eigenvalue weighted by atomic mass is 10.0. The molecule has 0 aliphatic carbocycles. The van der Waals surface area contributed by atoms with E-state index in [0.29, 0.717) is 6.61 Å². The lowest BCUT2D eigenvalue weighted by molar-refractivity contribution is -0.118. The summed E-state index contributed by atoms with van der Waals surface area (Å²) in [5.41, 5.74) is 1.36. The maximum Gasteiger partial charge on any atom is 0.191 e. The standard InChI is InChI=1S/C14H17NO2/c1-14(10-17-14)13(16)9-12(15(2)3)11-7-5-4-6-8-11/h4-9H,10H2,1-3H3. The normalized spacial score (nSPS) is 23.4. The van der Waals surface area contributed by atoms with Crippen molar-refractivity contribution in [3.05, 3.63) is 42.0 Å². The first kappa shape index (κ1) is 11.9. The third-order valence-corrected chi connectivity index (χ3v) is 2.92. The maximum atomic E-state index is 12.0. The smallest absolute Gasteiger partial charge is 0.191 e. The van der Waals surface area contributed by atoms with Crippen LogP contribution in [0.5, 0.6) is 0 Å². The number of carbonyl (C=O) groups is 1. The highest BCUT2D eigenvalue weighted by Crippen LogP contribution is 2.29. The zero-order valence-electron chi connectivity index (χ0n) is 10.4. The van der Waals surface area contributed by atoms with Crippen molar-refractivity contribution in [3.63, 3.8) is 0 Å². The van der Waals surface area contributed by atoms with Crippen molar-refractivity contribution in [1.29, 1.82) is 0 Å². The molecule has 90 valence electrons. The predicted octanol–water partition coefficient (Wildman–Crippen LogP) is 1.95. The number of epoxide rings is 1. The first-order valence-corrected chi connectivity index (χ1v) is 5.66. The van der Waals surface area contributed by atoms with Crippen molar-refractivity contribution in [1.82, 2.24) is 4.90 Å².